The third kappa shape index (κ3) is 3.70. The van der Waals surface area contributed by atoms with Gasteiger partial charge in [-0.25, -0.2) is 0 Å². The third-order valence-corrected chi connectivity index (χ3v) is 3.49. The Labute approximate surface area is 117 Å². The summed E-state index contributed by atoms with van der Waals surface area (Å²) in [5, 5.41) is 3.41. The van der Waals surface area contributed by atoms with Crippen molar-refractivity contribution in [3.63, 3.8) is 0 Å². The van der Waals surface area contributed by atoms with Crippen molar-refractivity contribution in [2.45, 2.75) is 25.3 Å². The summed E-state index contributed by atoms with van der Waals surface area (Å²) in [5.41, 5.74) is 0.739. The van der Waals surface area contributed by atoms with Crippen LogP contribution in [-0.2, 0) is 14.3 Å². The molecular weight excluding hydrogens is 266 g/mol. The predicted octanol–water partition coefficient (Wildman–Crippen LogP) is 2.47. The van der Waals surface area contributed by atoms with Crippen molar-refractivity contribution < 1.29 is 14.3 Å². The first-order valence-corrected chi connectivity index (χ1v) is 6.61. The largest absolute Gasteiger partial charge is 0.469 e. The van der Waals surface area contributed by atoms with Crippen LogP contribution in [0.15, 0.2) is 24.3 Å². The Morgan fingerprint density at radius 3 is 2.68 bits per heavy atom. The third-order valence-electron chi connectivity index (χ3n) is 3.14. The SMILES string of the molecule is COC(=O)C[C@@H](NC(=O)C1CC1)c1ccccc1Cl. The van der Waals surface area contributed by atoms with Crippen LogP contribution in [0.2, 0.25) is 5.02 Å². The second-order valence-electron chi connectivity index (χ2n) is 4.64. The van der Waals surface area contributed by atoms with Gasteiger partial charge in [-0.3, -0.25) is 9.59 Å². The molecule has 1 fully saturated rings. The van der Waals surface area contributed by atoms with E-state index >= 15 is 0 Å². The number of methoxy groups -OCH3 is 1. The number of carbonyl (C=O) groups is 2. The highest BCUT2D eigenvalue weighted by Gasteiger charge is 2.32. The first kappa shape index (κ1) is 13.9. The molecule has 1 saturated carbocycles. The molecule has 4 nitrogen and oxygen atoms in total. The minimum Gasteiger partial charge on any atom is -0.469 e. The number of hydrogen-bond acceptors (Lipinski definition) is 3. The maximum absolute atomic E-state index is 11.9. The molecule has 5 heteroatoms. The molecule has 1 amide bonds. The number of halogens is 1. The van der Waals surface area contributed by atoms with E-state index in [2.05, 4.69) is 10.1 Å². The summed E-state index contributed by atoms with van der Waals surface area (Å²) in [7, 11) is 1.33. The molecule has 1 N–H and O–H groups in total. The van der Waals surface area contributed by atoms with E-state index in [4.69, 9.17) is 11.6 Å². The van der Waals surface area contributed by atoms with E-state index in [1.165, 1.54) is 7.11 Å². The first-order chi connectivity index (χ1) is 9.11. The maximum atomic E-state index is 11.9. The van der Waals surface area contributed by atoms with Crippen LogP contribution in [0.5, 0.6) is 0 Å². The summed E-state index contributed by atoms with van der Waals surface area (Å²) in [5.74, 6) is -0.308. The average Bonchev–Trinajstić information content (AvgIpc) is 3.22. The van der Waals surface area contributed by atoms with E-state index in [1.807, 2.05) is 18.2 Å². The van der Waals surface area contributed by atoms with Gasteiger partial charge in [0.25, 0.3) is 0 Å². The quantitative estimate of drug-likeness (QED) is 0.844. The van der Waals surface area contributed by atoms with Crippen molar-refractivity contribution in [2.75, 3.05) is 7.11 Å². The normalized spacial score (nSPS) is 15.7. The van der Waals surface area contributed by atoms with E-state index in [0.29, 0.717) is 5.02 Å². The second kappa shape index (κ2) is 6.06. The van der Waals surface area contributed by atoms with Crippen molar-refractivity contribution in [1.29, 1.82) is 0 Å². The van der Waals surface area contributed by atoms with Crippen LogP contribution in [0.1, 0.15) is 30.9 Å². The van der Waals surface area contributed by atoms with Gasteiger partial charge in [-0.1, -0.05) is 29.8 Å². The molecule has 0 heterocycles. The van der Waals surface area contributed by atoms with Crippen LogP contribution in [0, 0.1) is 5.92 Å². The van der Waals surface area contributed by atoms with E-state index < -0.39 is 6.04 Å². The minimum atomic E-state index is -0.436. The average molecular weight is 282 g/mol. The number of esters is 1. The zero-order valence-electron chi connectivity index (χ0n) is 10.7. The van der Waals surface area contributed by atoms with Crippen molar-refractivity contribution in [3.05, 3.63) is 34.9 Å². The molecular formula is C14H16ClNO3. The highest BCUT2D eigenvalue weighted by molar-refractivity contribution is 6.31. The molecule has 1 atom stereocenters. The van der Waals surface area contributed by atoms with Gasteiger partial charge in [0, 0.05) is 10.9 Å². The summed E-state index contributed by atoms with van der Waals surface area (Å²) < 4.78 is 4.67. The first-order valence-electron chi connectivity index (χ1n) is 6.23. The van der Waals surface area contributed by atoms with Crippen LogP contribution in [0.3, 0.4) is 0 Å². The molecule has 1 aliphatic rings. The lowest BCUT2D eigenvalue weighted by Gasteiger charge is -2.19. The summed E-state index contributed by atoms with van der Waals surface area (Å²) in [6, 6.07) is 6.75. The van der Waals surface area contributed by atoms with Crippen LogP contribution in [-0.4, -0.2) is 19.0 Å². The molecule has 19 heavy (non-hydrogen) atoms. The van der Waals surface area contributed by atoms with Crippen molar-refractivity contribution in [2.24, 2.45) is 5.92 Å². The highest BCUT2D eigenvalue weighted by atomic mass is 35.5. The van der Waals surface area contributed by atoms with Crippen LogP contribution in [0.25, 0.3) is 0 Å². The molecule has 0 saturated heterocycles. The molecule has 0 aliphatic heterocycles. The fraction of sp³-hybridized carbons (Fsp3) is 0.429. The van der Waals surface area contributed by atoms with Crippen LogP contribution < -0.4 is 5.32 Å². The van der Waals surface area contributed by atoms with Gasteiger partial charge >= 0.3 is 5.97 Å². The zero-order valence-corrected chi connectivity index (χ0v) is 11.4. The Morgan fingerprint density at radius 2 is 2.11 bits per heavy atom. The Hall–Kier alpha value is -1.55. The Bertz CT molecular complexity index is 485. The molecule has 0 radical (unpaired) electrons. The van der Waals surface area contributed by atoms with Gasteiger partial charge in [0.2, 0.25) is 5.91 Å². The lowest BCUT2D eigenvalue weighted by atomic mass is 10.0. The molecule has 1 aromatic carbocycles. The summed E-state index contributed by atoms with van der Waals surface area (Å²) in [4.78, 5) is 23.3. The number of ether oxygens (including phenoxy) is 1. The standard InChI is InChI=1S/C14H16ClNO3/c1-19-13(17)8-12(16-14(18)9-6-7-9)10-4-2-3-5-11(10)15/h2-5,9,12H,6-8H2,1H3,(H,16,18)/t12-/m1/s1. The number of carbonyl (C=O) groups excluding carboxylic acids is 2. The van der Waals surface area contributed by atoms with Gasteiger partial charge in [-0.2, -0.15) is 0 Å². The van der Waals surface area contributed by atoms with Gasteiger partial charge in [-0.05, 0) is 24.5 Å². The fourth-order valence-electron chi connectivity index (χ4n) is 1.88. The van der Waals surface area contributed by atoms with Crippen molar-refractivity contribution in [1.82, 2.24) is 5.32 Å². The molecule has 0 aromatic heterocycles. The smallest absolute Gasteiger partial charge is 0.307 e. The monoisotopic (exact) mass is 281 g/mol. The fourth-order valence-corrected chi connectivity index (χ4v) is 2.15. The summed E-state index contributed by atoms with van der Waals surface area (Å²) >= 11 is 6.12. The van der Waals surface area contributed by atoms with Crippen LogP contribution in [0.4, 0.5) is 0 Å². The predicted molar refractivity (Wildman–Crippen MR) is 71.7 cm³/mol. The Morgan fingerprint density at radius 1 is 1.42 bits per heavy atom. The van der Waals surface area contributed by atoms with Gasteiger partial charge < -0.3 is 10.1 Å². The topological polar surface area (TPSA) is 55.4 Å². The molecule has 102 valence electrons. The van der Waals surface area contributed by atoms with E-state index in [9.17, 15) is 9.59 Å². The molecule has 0 spiro atoms. The second-order valence-corrected chi connectivity index (χ2v) is 5.04. The molecule has 0 unspecified atom stereocenters. The minimum absolute atomic E-state index is 0.0196. The highest BCUT2D eigenvalue weighted by Crippen LogP contribution is 2.31. The van der Waals surface area contributed by atoms with Crippen molar-refractivity contribution in [3.8, 4) is 0 Å². The summed E-state index contributed by atoms with van der Waals surface area (Å²) in [6.07, 6.45) is 1.91. The maximum Gasteiger partial charge on any atom is 0.307 e. The molecule has 1 aliphatic carbocycles. The number of nitrogens with one attached hydrogen (secondary N) is 1. The number of benzene rings is 1. The van der Waals surface area contributed by atoms with Gasteiger partial charge in [0.15, 0.2) is 0 Å². The number of amides is 1. The number of hydrogen-bond donors (Lipinski definition) is 1. The Balaban J connectivity index is 2.15. The molecule has 1 aromatic rings. The van der Waals surface area contributed by atoms with Gasteiger partial charge in [-0.15, -0.1) is 0 Å². The molecule has 2 rings (SSSR count). The lowest BCUT2D eigenvalue weighted by Crippen LogP contribution is -2.31. The van der Waals surface area contributed by atoms with E-state index in [0.717, 1.165) is 18.4 Å². The van der Waals surface area contributed by atoms with Crippen molar-refractivity contribution >= 4 is 23.5 Å². The lowest BCUT2D eigenvalue weighted by molar-refractivity contribution is -0.141. The van der Waals surface area contributed by atoms with Gasteiger partial charge in [0.1, 0.15) is 0 Å². The van der Waals surface area contributed by atoms with E-state index in [-0.39, 0.29) is 24.2 Å². The van der Waals surface area contributed by atoms with Gasteiger partial charge in [0.05, 0.1) is 19.6 Å². The zero-order chi connectivity index (χ0) is 13.8. The number of rotatable bonds is 5. The Kier molecular flexibility index (Phi) is 4.43. The summed E-state index contributed by atoms with van der Waals surface area (Å²) in [6.45, 7) is 0. The van der Waals surface area contributed by atoms with Crippen LogP contribution >= 0.6 is 11.6 Å². The molecule has 0 bridgehead atoms. The van der Waals surface area contributed by atoms with E-state index in [1.54, 1.807) is 6.07 Å².